The van der Waals surface area contributed by atoms with Gasteiger partial charge in [0.05, 0.1) is 12.1 Å². The first-order valence-corrected chi connectivity index (χ1v) is 6.61. The predicted octanol–water partition coefficient (Wildman–Crippen LogP) is 2.77. The molecule has 0 aliphatic rings. The zero-order valence-electron chi connectivity index (χ0n) is 10.4. The average molecular weight is 278 g/mol. The average Bonchev–Trinajstić information content (AvgIpc) is 2.86. The molecule has 0 saturated heterocycles. The van der Waals surface area contributed by atoms with Crippen molar-refractivity contribution in [2.24, 2.45) is 0 Å². The molecule has 0 bridgehead atoms. The van der Waals surface area contributed by atoms with Crippen LogP contribution in [0.3, 0.4) is 0 Å². The number of carboxylic acids is 1. The molecule has 0 saturated carbocycles. The Morgan fingerprint density at radius 1 is 1.47 bits per heavy atom. The number of para-hydroxylation sites is 1. The van der Waals surface area contributed by atoms with E-state index in [1.807, 2.05) is 24.3 Å². The molecule has 0 aliphatic carbocycles. The fraction of sp³-hybridized carbons (Fsp3) is 0.231. The van der Waals surface area contributed by atoms with Gasteiger partial charge < -0.3 is 15.2 Å². The van der Waals surface area contributed by atoms with Crippen molar-refractivity contribution in [2.75, 3.05) is 19.0 Å². The van der Waals surface area contributed by atoms with Gasteiger partial charge in [-0.15, -0.1) is 11.3 Å². The van der Waals surface area contributed by atoms with Crippen LogP contribution in [-0.2, 0) is 11.2 Å². The Balaban J connectivity index is 2.23. The van der Waals surface area contributed by atoms with Crippen molar-refractivity contribution in [3.05, 3.63) is 41.0 Å². The van der Waals surface area contributed by atoms with E-state index in [-0.39, 0.29) is 5.69 Å². The lowest BCUT2D eigenvalue weighted by Crippen LogP contribution is -2.03. The van der Waals surface area contributed by atoms with E-state index in [1.54, 1.807) is 7.11 Å². The number of thiazole rings is 1. The van der Waals surface area contributed by atoms with Crippen LogP contribution in [-0.4, -0.2) is 29.8 Å². The summed E-state index contributed by atoms with van der Waals surface area (Å²) in [7, 11) is 1.65. The number of rotatable bonds is 6. The number of hydrogen-bond donors (Lipinski definition) is 2. The van der Waals surface area contributed by atoms with Crippen LogP contribution in [0, 0.1) is 0 Å². The van der Waals surface area contributed by atoms with Gasteiger partial charge in [-0.25, -0.2) is 9.78 Å². The van der Waals surface area contributed by atoms with E-state index in [2.05, 4.69) is 10.3 Å². The number of aromatic carboxylic acids is 1. The maximum Gasteiger partial charge on any atom is 0.357 e. The maximum atomic E-state index is 11.0. The number of nitrogens with one attached hydrogen (secondary N) is 1. The summed E-state index contributed by atoms with van der Waals surface area (Å²) < 4.78 is 5.07. The number of hydrogen-bond acceptors (Lipinski definition) is 5. The van der Waals surface area contributed by atoms with Crippen LogP contribution in [0.4, 0.5) is 10.7 Å². The minimum absolute atomic E-state index is 0.0477. The normalized spacial score (nSPS) is 10.4. The van der Waals surface area contributed by atoms with Crippen LogP contribution < -0.4 is 5.32 Å². The lowest BCUT2D eigenvalue weighted by atomic mass is 10.1. The first-order valence-electron chi connectivity index (χ1n) is 5.73. The molecule has 0 spiro atoms. The van der Waals surface area contributed by atoms with Crippen LogP contribution in [0.25, 0.3) is 0 Å². The Hall–Kier alpha value is -1.92. The van der Waals surface area contributed by atoms with Crippen molar-refractivity contribution in [1.29, 1.82) is 0 Å². The number of carbonyl (C=O) groups is 1. The van der Waals surface area contributed by atoms with Crippen LogP contribution in [0.2, 0.25) is 0 Å². The quantitative estimate of drug-likeness (QED) is 0.850. The molecular formula is C13H14N2O3S. The Kier molecular flexibility index (Phi) is 4.48. The summed E-state index contributed by atoms with van der Waals surface area (Å²) in [6, 6.07) is 7.75. The molecule has 1 aromatic carbocycles. The number of aromatic nitrogens is 1. The summed E-state index contributed by atoms with van der Waals surface area (Å²) in [5.74, 6) is -1.03. The second-order valence-electron chi connectivity index (χ2n) is 3.86. The smallest absolute Gasteiger partial charge is 0.357 e. The summed E-state index contributed by atoms with van der Waals surface area (Å²) in [6.07, 6.45) is 0.765. The highest BCUT2D eigenvalue weighted by Gasteiger charge is 2.14. The third-order valence-corrected chi connectivity index (χ3v) is 3.35. The Morgan fingerprint density at radius 3 is 3.00 bits per heavy atom. The molecule has 0 radical (unpaired) electrons. The molecule has 19 heavy (non-hydrogen) atoms. The third-order valence-electron chi connectivity index (χ3n) is 2.61. The van der Waals surface area contributed by atoms with Gasteiger partial charge in [0, 0.05) is 12.8 Å². The van der Waals surface area contributed by atoms with Gasteiger partial charge in [-0.05, 0) is 18.1 Å². The number of anilines is 2. The van der Waals surface area contributed by atoms with Crippen molar-refractivity contribution >= 4 is 28.0 Å². The molecule has 2 rings (SSSR count). The molecule has 0 amide bonds. The van der Waals surface area contributed by atoms with Crippen LogP contribution >= 0.6 is 11.3 Å². The minimum Gasteiger partial charge on any atom is -0.476 e. The van der Waals surface area contributed by atoms with Gasteiger partial charge in [0.2, 0.25) is 0 Å². The van der Waals surface area contributed by atoms with E-state index in [0.717, 1.165) is 17.7 Å². The van der Waals surface area contributed by atoms with Crippen molar-refractivity contribution in [2.45, 2.75) is 6.42 Å². The van der Waals surface area contributed by atoms with E-state index >= 15 is 0 Å². The fourth-order valence-electron chi connectivity index (χ4n) is 1.68. The standard InChI is InChI=1S/C13H14N2O3S/c1-18-7-6-9-4-2-3-5-10(9)15-12-11(13(16)17)14-8-19-12/h2-5,8,15H,6-7H2,1H3,(H,16,17). The SMILES string of the molecule is COCCc1ccccc1Nc1scnc1C(=O)O. The van der Waals surface area contributed by atoms with Gasteiger partial charge in [0.25, 0.3) is 0 Å². The zero-order chi connectivity index (χ0) is 13.7. The summed E-state index contributed by atoms with van der Waals surface area (Å²) in [6.45, 7) is 0.618. The van der Waals surface area contributed by atoms with Crippen LogP contribution in [0.1, 0.15) is 16.1 Å². The Labute approximate surface area is 114 Å². The Morgan fingerprint density at radius 2 is 2.26 bits per heavy atom. The molecule has 100 valence electrons. The molecule has 0 unspecified atom stereocenters. The molecule has 0 atom stereocenters. The van der Waals surface area contributed by atoms with Gasteiger partial charge in [0.1, 0.15) is 5.00 Å². The number of ether oxygens (including phenoxy) is 1. The first-order chi connectivity index (χ1) is 9.22. The lowest BCUT2D eigenvalue weighted by Gasteiger charge is -2.10. The van der Waals surface area contributed by atoms with E-state index < -0.39 is 5.97 Å². The molecular weight excluding hydrogens is 264 g/mol. The lowest BCUT2D eigenvalue weighted by molar-refractivity contribution is 0.0692. The van der Waals surface area contributed by atoms with Crippen molar-refractivity contribution < 1.29 is 14.6 Å². The van der Waals surface area contributed by atoms with Gasteiger partial charge in [-0.1, -0.05) is 18.2 Å². The topological polar surface area (TPSA) is 71.5 Å². The zero-order valence-corrected chi connectivity index (χ0v) is 11.2. The largest absolute Gasteiger partial charge is 0.476 e. The van der Waals surface area contributed by atoms with Crippen LogP contribution in [0.15, 0.2) is 29.8 Å². The van der Waals surface area contributed by atoms with Gasteiger partial charge in [-0.3, -0.25) is 0 Å². The predicted molar refractivity (Wildman–Crippen MR) is 74.4 cm³/mol. The van der Waals surface area contributed by atoms with Gasteiger partial charge >= 0.3 is 5.97 Å². The fourth-order valence-corrected chi connectivity index (χ4v) is 2.37. The molecule has 0 fully saturated rings. The number of benzene rings is 1. The van der Waals surface area contributed by atoms with E-state index in [4.69, 9.17) is 9.84 Å². The maximum absolute atomic E-state index is 11.0. The Bertz CT molecular complexity index is 569. The van der Waals surface area contributed by atoms with Crippen molar-refractivity contribution in [1.82, 2.24) is 4.98 Å². The van der Waals surface area contributed by atoms with E-state index in [0.29, 0.717) is 11.6 Å². The summed E-state index contributed by atoms with van der Waals surface area (Å²) in [4.78, 5) is 14.8. The first kappa shape index (κ1) is 13.5. The number of carboxylic acid groups (broad SMARTS) is 1. The van der Waals surface area contributed by atoms with Crippen molar-refractivity contribution in [3.63, 3.8) is 0 Å². The summed E-state index contributed by atoms with van der Waals surface area (Å²) in [5.41, 5.74) is 3.52. The van der Waals surface area contributed by atoms with E-state index in [1.165, 1.54) is 16.8 Å². The monoisotopic (exact) mass is 278 g/mol. The molecule has 2 aromatic rings. The summed E-state index contributed by atoms with van der Waals surface area (Å²) in [5, 5.41) is 12.7. The molecule has 6 heteroatoms. The number of methoxy groups -OCH3 is 1. The van der Waals surface area contributed by atoms with Gasteiger partial charge in [-0.2, -0.15) is 0 Å². The minimum atomic E-state index is -1.03. The van der Waals surface area contributed by atoms with Crippen LogP contribution in [0.5, 0.6) is 0 Å². The highest BCUT2D eigenvalue weighted by molar-refractivity contribution is 7.14. The van der Waals surface area contributed by atoms with Crippen molar-refractivity contribution in [3.8, 4) is 0 Å². The van der Waals surface area contributed by atoms with E-state index in [9.17, 15) is 4.79 Å². The molecule has 1 aromatic heterocycles. The number of nitrogens with zero attached hydrogens (tertiary/aromatic N) is 1. The molecule has 1 heterocycles. The molecule has 5 nitrogen and oxygen atoms in total. The highest BCUT2D eigenvalue weighted by atomic mass is 32.1. The second-order valence-corrected chi connectivity index (χ2v) is 4.71. The highest BCUT2D eigenvalue weighted by Crippen LogP contribution is 2.27. The summed E-state index contributed by atoms with van der Waals surface area (Å²) >= 11 is 1.27. The van der Waals surface area contributed by atoms with Gasteiger partial charge in [0.15, 0.2) is 5.69 Å². The third kappa shape index (κ3) is 3.30. The molecule has 2 N–H and O–H groups in total. The second kappa shape index (κ2) is 6.31. The molecule has 0 aliphatic heterocycles.